The Hall–Kier alpha value is -2.89. The number of carbonyl (C=O) groups excluding carboxylic acids is 1. The van der Waals surface area contributed by atoms with Gasteiger partial charge < -0.3 is 9.84 Å². The molecule has 1 N–H and O–H groups in total. The van der Waals surface area contributed by atoms with Crippen LogP contribution in [0.2, 0.25) is 0 Å². The molecule has 2 aliphatic carbocycles. The third-order valence-corrected chi connectivity index (χ3v) is 5.50. The van der Waals surface area contributed by atoms with Gasteiger partial charge in [0.1, 0.15) is 6.54 Å². The Bertz CT molecular complexity index is 974. The fourth-order valence-electron chi connectivity index (χ4n) is 4.20. The summed E-state index contributed by atoms with van der Waals surface area (Å²) in [4.78, 5) is 12.6. The Kier molecular flexibility index (Phi) is 3.45. The topological polar surface area (TPSA) is 73.0 Å². The summed E-state index contributed by atoms with van der Waals surface area (Å²) in [5.74, 6) is 1.46. The lowest BCUT2D eigenvalue weighted by molar-refractivity contribution is 0.0939. The summed E-state index contributed by atoms with van der Waals surface area (Å²) in [6, 6.07) is 10.5. The Morgan fingerprint density at radius 3 is 3.12 bits per heavy atom. The summed E-state index contributed by atoms with van der Waals surface area (Å²) in [7, 11) is 0. The summed E-state index contributed by atoms with van der Waals surface area (Å²) >= 11 is 0. The van der Waals surface area contributed by atoms with Gasteiger partial charge in [0.15, 0.2) is 11.5 Å². The average molecular weight is 348 g/mol. The van der Waals surface area contributed by atoms with E-state index < -0.39 is 0 Å². The minimum atomic E-state index is -0.159. The van der Waals surface area contributed by atoms with E-state index in [-0.39, 0.29) is 11.9 Å². The summed E-state index contributed by atoms with van der Waals surface area (Å²) in [6.07, 6.45) is 5.95. The minimum Gasteiger partial charge on any atom is -0.359 e. The molecule has 132 valence electrons. The first-order valence-electron chi connectivity index (χ1n) is 9.02. The van der Waals surface area contributed by atoms with Gasteiger partial charge in [-0.05, 0) is 42.4 Å². The smallest absolute Gasteiger partial charge is 0.273 e. The van der Waals surface area contributed by atoms with Crippen LogP contribution in [-0.4, -0.2) is 26.9 Å². The van der Waals surface area contributed by atoms with Crippen LogP contribution in [0.15, 0.2) is 47.2 Å². The molecule has 2 heterocycles. The number of rotatable bonds is 4. The zero-order valence-corrected chi connectivity index (χ0v) is 14.6. The summed E-state index contributed by atoms with van der Waals surface area (Å²) < 4.78 is 7.07. The van der Waals surface area contributed by atoms with Crippen molar-refractivity contribution >= 4 is 5.91 Å². The number of carbonyl (C=O) groups is 1. The molecule has 1 amide bonds. The molecular formula is C20H20N4O2. The van der Waals surface area contributed by atoms with Crippen molar-refractivity contribution in [1.82, 2.24) is 20.3 Å². The highest BCUT2D eigenvalue weighted by molar-refractivity contribution is 5.92. The van der Waals surface area contributed by atoms with E-state index in [0.29, 0.717) is 29.8 Å². The molecule has 1 saturated carbocycles. The highest BCUT2D eigenvalue weighted by atomic mass is 16.5. The van der Waals surface area contributed by atoms with Crippen molar-refractivity contribution in [1.29, 1.82) is 0 Å². The van der Waals surface area contributed by atoms with Gasteiger partial charge in [-0.1, -0.05) is 29.4 Å². The summed E-state index contributed by atoms with van der Waals surface area (Å²) in [5.41, 5.74) is 4.23. The molecule has 2 aliphatic rings. The van der Waals surface area contributed by atoms with E-state index in [1.807, 2.05) is 13.1 Å². The van der Waals surface area contributed by atoms with Crippen molar-refractivity contribution in [2.45, 2.75) is 38.3 Å². The van der Waals surface area contributed by atoms with E-state index in [0.717, 1.165) is 18.4 Å². The summed E-state index contributed by atoms with van der Waals surface area (Å²) in [6.45, 7) is 2.45. The zero-order chi connectivity index (χ0) is 17.7. The second-order valence-electron chi connectivity index (χ2n) is 7.32. The summed E-state index contributed by atoms with van der Waals surface area (Å²) in [5, 5.41) is 11.3. The van der Waals surface area contributed by atoms with Crippen LogP contribution in [0, 0.1) is 12.8 Å². The monoisotopic (exact) mass is 348 g/mol. The van der Waals surface area contributed by atoms with Gasteiger partial charge in [0.25, 0.3) is 5.91 Å². The molecule has 0 aliphatic heterocycles. The molecule has 0 spiro atoms. The largest absolute Gasteiger partial charge is 0.359 e. The van der Waals surface area contributed by atoms with Crippen LogP contribution in [-0.2, 0) is 13.0 Å². The molecule has 6 nitrogen and oxygen atoms in total. The van der Waals surface area contributed by atoms with Gasteiger partial charge in [0.05, 0.1) is 6.20 Å². The maximum atomic E-state index is 12.6. The molecule has 2 aromatic heterocycles. The zero-order valence-electron chi connectivity index (χ0n) is 14.6. The molecule has 0 saturated heterocycles. The van der Waals surface area contributed by atoms with Crippen molar-refractivity contribution in [3.05, 3.63) is 70.9 Å². The van der Waals surface area contributed by atoms with E-state index >= 15 is 0 Å². The van der Waals surface area contributed by atoms with Crippen molar-refractivity contribution in [3.8, 4) is 0 Å². The number of nitrogens with one attached hydrogen (secondary N) is 1. The van der Waals surface area contributed by atoms with Gasteiger partial charge in [-0.2, -0.15) is 5.10 Å². The third-order valence-electron chi connectivity index (χ3n) is 5.50. The molecule has 1 fully saturated rings. The van der Waals surface area contributed by atoms with Crippen LogP contribution in [0.1, 0.15) is 45.3 Å². The van der Waals surface area contributed by atoms with Gasteiger partial charge in [0.2, 0.25) is 0 Å². The highest BCUT2D eigenvalue weighted by Crippen LogP contribution is 2.54. The fraction of sp³-hybridized carbons (Fsp3) is 0.350. The number of benzene rings is 1. The standard InChI is InChI=1S/C20H20N4O2/c1-12-9-21-24(10-12)11-14-8-17(23-26-14)20(25)22-19-16-7-6-13-4-2-3-5-15(13)18(16)19/h2-5,8-10,16,18-19H,6-7,11H2,1H3,(H,22,25)/t16-,18-,19-/m1/s1. The van der Waals surface area contributed by atoms with Gasteiger partial charge in [0, 0.05) is 24.2 Å². The maximum Gasteiger partial charge on any atom is 0.273 e. The van der Waals surface area contributed by atoms with Crippen LogP contribution in [0.4, 0.5) is 0 Å². The lowest BCUT2D eigenvalue weighted by atomic mass is 9.92. The molecule has 0 unspecified atom stereocenters. The molecule has 3 atom stereocenters. The molecule has 3 aromatic rings. The predicted molar refractivity (Wildman–Crippen MR) is 94.8 cm³/mol. The number of nitrogens with zero attached hydrogens (tertiary/aromatic N) is 3. The first-order valence-corrected chi connectivity index (χ1v) is 9.02. The number of aromatic nitrogens is 3. The molecule has 1 aromatic carbocycles. The first-order chi connectivity index (χ1) is 12.7. The second-order valence-corrected chi connectivity index (χ2v) is 7.32. The van der Waals surface area contributed by atoms with Crippen molar-refractivity contribution in [2.24, 2.45) is 5.92 Å². The number of fused-ring (bicyclic) bond motifs is 3. The van der Waals surface area contributed by atoms with Crippen molar-refractivity contribution < 1.29 is 9.32 Å². The number of amides is 1. The van der Waals surface area contributed by atoms with Crippen molar-refractivity contribution in [3.63, 3.8) is 0 Å². The van der Waals surface area contributed by atoms with E-state index in [1.54, 1.807) is 16.9 Å². The molecule has 26 heavy (non-hydrogen) atoms. The quantitative estimate of drug-likeness (QED) is 0.787. The van der Waals surface area contributed by atoms with E-state index in [2.05, 4.69) is 39.8 Å². The fourth-order valence-corrected chi connectivity index (χ4v) is 4.20. The SMILES string of the molecule is Cc1cnn(Cc2cc(C(=O)N[C@@H]3[C@@H]4CCc5ccccc5[C@H]43)no2)c1. The molecule has 0 radical (unpaired) electrons. The Morgan fingerprint density at radius 2 is 2.27 bits per heavy atom. The van der Waals surface area contributed by atoms with Gasteiger partial charge >= 0.3 is 0 Å². The van der Waals surface area contributed by atoms with Crippen LogP contribution < -0.4 is 5.32 Å². The molecule has 5 rings (SSSR count). The maximum absolute atomic E-state index is 12.6. The normalized spacial score (nSPS) is 23.2. The molecule has 0 bridgehead atoms. The van der Waals surface area contributed by atoms with Crippen LogP contribution >= 0.6 is 0 Å². The number of hydrogen-bond acceptors (Lipinski definition) is 4. The Balaban J connectivity index is 1.26. The lowest BCUT2D eigenvalue weighted by Gasteiger charge is -2.13. The van der Waals surface area contributed by atoms with E-state index in [9.17, 15) is 4.79 Å². The minimum absolute atomic E-state index is 0.159. The second kappa shape index (κ2) is 5.83. The van der Waals surface area contributed by atoms with Crippen LogP contribution in [0.5, 0.6) is 0 Å². The molecular weight excluding hydrogens is 328 g/mol. The van der Waals surface area contributed by atoms with Gasteiger partial charge in [-0.15, -0.1) is 0 Å². The third kappa shape index (κ3) is 2.62. The van der Waals surface area contributed by atoms with Crippen molar-refractivity contribution in [2.75, 3.05) is 0 Å². The average Bonchev–Trinajstić information content (AvgIpc) is 2.95. The Morgan fingerprint density at radius 1 is 1.38 bits per heavy atom. The van der Waals surface area contributed by atoms with E-state index in [4.69, 9.17) is 4.52 Å². The van der Waals surface area contributed by atoms with Gasteiger partial charge in [-0.3, -0.25) is 9.48 Å². The lowest BCUT2D eigenvalue weighted by Crippen LogP contribution is -2.27. The van der Waals surface area contributed by atoms with E-state index in [1.165, 1.54) is 11.1 Å². The first kappa shape index (κ1) is 15.4. The Labute approximate surface area is 151 Å². The highest BCUT2D eigenvalue weighted by Gasteiger charge is 2.53. The number of aryl methyl sites for hydroxylation is 2. The van der Waals surface area contributed by atoms with Crippen LogP contribution in [0.25, 0.3) is 0 Å². The molecule has 6 heteroatoms. The van der Waals surface area contributed by atoms with Gasteiger partial charge in [-0.25, -0.2) is 0 Å². The predicted octanol–water partition coefficient (Wildman–Crippen LogP) is 2.69. The van der Waals surface area contributed by atoms with Crippen LogP contribution in [0.3, 0.4) is 0 Å². The number of hydrogen-bond donors (Lipinski definition) is 1.